The summed E-state index contributed by atoms with van der Waals surface area (Å²) in [5.41, 5.74) is 1.14. The third kappa shape index (κ3) is 3.83. The van der Waals surface area contributed by atoms with Gasteiger partial charge < -0.3 is 4.90 Å². The second kappa shape index (κ2) is 5.66. The summed E-state index contributed by atoms with van der Waals surface area (Å²) < 4.78 is 1.03. The van der Waals surface area contributed by atoms with Gasteiger partial charge in [0.05, 0.1) is 0 Å². The van der Waals surface area contributed by atoms with Crippen LogP contribution in [0.15, 0.2) is 28.7 Å². The van der Waals surface area contributed by atoms with Gasteiger partial charge in [0.25, 0.3) is 5.91 Å². The zero-order valence-corrected chi connectivity index (χ0v) is 10.0. The predicted octanol–water partition coefficient (Wildman–Crippen LogP) is 1.65. The molecule has 0 bridgehead atoms. The van der Waals surface area contributed by atoms with Gasteiger partial charge in [-0.1, -0.05) is 28.1 Å². The summed E-state index contributed by atoms with van der Waals surface area (Å²) >= 11 is 3.35. The molecule has 1 rings (SSSR count). The van der Waals surface area contributed by atoms with Crippen molar-refractivity contribution in [1.82, 2.24) is 4.90 Å². The summed E-state index contributed by atoms with van der Waals surface area (Å²) in [5.74, 6) is -0.480. The lowest BCUT2D eigenvalue weighted by molar-refractivity contribution is -0.137. The maximum absolute atomic E-state index is 10.9. The fourth-order valence-corrected chi connectivity index (χ4v) is 1.41. The minimum Gasteiger partial charge on any atom is -0.339 e. The van der Waals surface area contributed by atoms with Crippen LogP contribution in [0.4, 0.5) is 0 Å². The first kappa shape index (κ1) is 11.9. The van der Waals surface area contributed by atoms with Crippen molar-refractivity contribution in [3.8, 4) is 0 Å². The largest absolute Gasteiger partial charge is 0.339 e. The SMILES string of the molecule is CN(CCc1ccc(Br)cc1)C(=O)C=O. The van der Waals surface area contributed by atoms with Crippen molar-refractivity contribution < 1.29 is 9.59 Å². The van der Waals surface area contributed by atoms with Crippen LogP contribution >= 0.6 is 15.9 Å². The van der Waals surface area contributed by atoms with Gasteiger partial charge in [0.1, 0.15) is 0 Å². The van der Waals surface area contributed by atoms with Crippen LogP contribution in [-0.2, 0) is 16.0 Å². The van der Waals surface area contributed by atoms with Crippen molar-refractivity contribution in [2.75, 3.05) is 13.6 Å². The molecule has 0 spiro atoms. The molecule has 0 saturated carbocycles. The smallest absolute Gasteiger partial charge is 0.286 e. The Morgan fingerprint density at radius 1 is 1.40 bits per heavy atom. The second-order valence-electron chi connectivity index (χ2n) is 3.25. The molecule has 0 aliphatic heterocycles. The van der Waals surface area contributed by atoms with Gasteiger partial charge in [-0.15, -0.1) is 0 Å². The van der Waals surface area contributed by atoms with E-state index in [2.05, 4.69) is 15.9 Å². The van der Waals surface area contributed by atoms with Crippen LogP contribution in [0, 0.1) is 0 Å². The van der Waals surface area contributed by atoms with E-state index >= 15 is 0 Å². The van der Waals surface area contributed by atoms with Gasteiger partial charge in [0, 0.05) is 18.1 Å². The Morgan fingerprint density at radius 3 is 2.53 bits per heavy atom. The molecule has 0 unspecified atom stereocenters. The van der Waals surface area contributed by atoms with Crippen LogP contribution in [0.1, 0.15) is 5.56 Å². The minimum atomic E-state index is -0.480. The lowest BCUT2D eigenvalue weighted by Crippen LogP contribution is -2.29. The summed E-state index contributed by atoms with van der Waals surface area (Å²) in [6.07, 6.45) is 1.09. The molecule has 3 nitrogen and oxygen atoms in total. The van der Waals surface area contributed by atoms with Gasteiger partial charge in [-0.05, 0) is 24.1 Å². The fourth-order valence-electron chi connectivity index (χ4n) is 1.15. The average molecular weight is 270 g/mol. The third-order valence-corrected chi connectivity index (χ3v) is 2.65. The molecule has 15 heavy (non-hydrogen) atoms. The summed E-state index contributed by atoms with van der Waals surface area (Å²) in [6, 6.07) is 7.89. The second-order valence-corrected chi connectivity index (χ2v) is 4.17. The van der Waals surface area contributed by atoms with E-state index in [1.54, 1.807) is 7.05 Å². The normalized spacial score (nSPS) is 9.73. The van der Waals surface area contributed by atoms with E-state index in [9.17, 15) is 9.59 Å². The Bertz CT molecular complexity index is 348. The van der Waals surface area contributed by atoms with Crippen LogP contribution in [0.3, 0.4) is 0 Å². The summed E-state index contributed by atoms with van der Waals surface area (Å²) in [5, 5.41) is 0. The van der Waals surface area contributed by atoms with Crippen molar-refractivity contribution in [3.63, 3.8) is 0 Å². The number of carbonyl (C=O) groups excluding carboxylic acids is 2. The van der Waals surface area contributed by atoms with Gasteiger partial charge >= 0.3 is 0 Å². The molecule has 1 aromatic rings. The molecule has 0 saturated heterocycles. The van der Waals surface area contributed by atoms with Gasteiger partial charge in [-0.25, -0.2) is 0 Å². The van der Waals surface area contributed by atoms with E-state index in [4.69, 9.17) is 0 Å². The highest BCUT2D eigenvalue weighted by Crippen LogP contribution is 2.10. The van der Waals surface area contributed by atoms with E-state index in [1.807, 2.05) is 24.3 Å². The molecular weight excluding hydrogens is 258 g/mol. The number of rotatable bonds is 4. The standard InChI is InChI=1S/C11H12BrNO2/c1-13(11(15)8-14)7-6-9-2-4-10(12)5-3-9/h2-5,8H,6-7H2,1H3. The lowest BCUT2D eigenvalue weighted by atomic mass is 10.1. The first-order valence-corrected chi connectivity index (χ1v) is 5.37. The van der Waals surface area contributed by atoms with Crippen LogP contribution < -0.4 is 0 Å². The van der Waals surface area contributed by atoms with E-state index in [0.29, 0.717) is 12.8 Å². The van der Waals surface area contributed by atoms with Crippen molar-refractivity contribution in [2.24, 2.45) is 0 Å². The Morgan fingerprint density at radius 2 is 2.00 bits per heavy atom. The first-order chi connectivity index (χ1) is 7.13. The molecule has 0 aromatic heterocycles. The quantitative estimate of drug-likeness (QED) is 0.616. The number of nitrogens with zero attached hydrogens (tertiary/aromatic N) is 1. The molecule has 0 N–H and O–H groups in total. The minimum absolute atomic E-state index is 0.335. The van der Waals surface area contributed by atoms with E-state index in [0.717, 1.165) is 16.5 Å². The molecule has 0 radical (unpaired) electrons. The van der Waals surface area contributed by atoms with E-state index in [-0.39, 0.29) is 0 Å². The zero-order chi connectivity index (χ0) is 11.3. The highest BCUT2D eigenvalue weighted by atomic mass is 79.9. The Labute approximate surface area is 97.2 Å². The van der Waals surface area contributed by atoms with Crippen LogP contribution in [0.5, 0.6) is 0 Å². The Balaban J connectivity index is 2.46. The summed E-state index contributed by atoms with van der Waals surface area (Å²) in [4.78, 5) is 22.6. The van der Waals surface area contributed by atoms with E-state index in [1.165, 1.54) is 4.90 Å². The van der Waals surface area contributed by atoms with Gasteiger partial charge in [0.15, 0.2) is 0 Å². The van der Waals surface area contributed by atoms with Gasteiger partial charge in [-0.2, -0.15) is 0 Å². The number of hydrogen-bond acceptors (Lipinski definition) is 2. The monoisotopic (exact) mass is 269 g/mol. The van der Waals surface area contributed by atoms with Crippen molar-refractivity contribution in [3.05, 3.63) is 34.3 Å². The number of aldehydes is 1. The molecule has 0 fully saturated rings. The first-order valence-electron chi connectivity index (χ1n) is 4.58. The number of likely N-dealkylation sites (N-methyl/N-ethyl adjacent to an activating group) is 1. The van der Waals surface area contributed by atoms with Crippen LogP contribution in [0.2, 0.25) is 0 Å². The molecular formula is C11H12BrNO2. The molecule has 1 amide bonds. The number of amides is 1. The van der Waals surface area contributed by atoms with E-state index < -0.39 is 5.91 Å². The van der Waals surface area contributed by atoms with Crippen molar-refractivity contribution in [2.45, 2.75) is 6.42 Å². The average Bonchev–Trinajstić information content (AvgIpc) is 2.26. The highest BCUT2D eigenvalue weighted by Gasteiger charge is 2.05. The van der Waals surface area contributed by atoms with Gasteiger partial charge in [0.2, 0.25) is 6.29 Å². The number of hydrogen-bond donors (Lipinski definition) is 0. The van der Waals surface area contributed by atoms with Crippen LogP contribution in [0.25, 0.3) is 0 Å². The van der Waals surface area contributed by atoms with Crippen molar-refractivity contribution >= 4 is 28.1 Å². The van der Waals surface area contributed by atoms with Crippen LogP contribution in [-0.4, -0.2) is 30.7 Å². The zero-order valence-electron chi connectivity index (χ0n) is 8.44. The van der Waals surface area contributed by atoms with Gasteiger partial charge in [-0.3, -0.25) is 9.59 Å². The maximum atomic E-state index is 10.9. The molecule has 4 heteroatoms. The summed E-state index contributed by atoms with van der Waals surface area (Å²) in [6.45, 7) is 0.555. The molecule has 1 aromatic carbocycles. The number of benzene rings is 1. The molecule has 80 valence electrons. The Hall–Kier alpha value is -1.16. The number of carbonyl (C=O) groups is 2. The molecule has 0 aliphatic rings. The van der Waals surface area contributed by atoms with Crippen molar-refractivity contribution in [1.29, 1.82) is 0 Å². The highest BCUT2D eigenvalue weighted by molar-refractivity contribution is 9.10. The molecule has 0 heterocycles. The summed E-state index contributed by atoms with van der Waals surface area (Å²) in [7, 11) is 1.62. The lowest BCUT2D eigenvalue weighted by Gasteiger charge is -2.13. The fraction of sp³-hybridized carbons (Fsp3) is 0.273. The predicted molar refractivity (Wildman–Crippen MR) is 61.5 cm³/mol. The number of halogens is 1. The molecule has 0 aliphatic carbocycles. The Kier molecular flexibility index (Phi) is 4.49. The maximum Gasteiger partial charge on any atom is 0.286 e. The third-order valence-electron chi connectivity index (χ3n) is 2.13. The molecule has 0 atom stereocenters. The topological polar surface area (TPSA) is 37.4 Å².